The zero-order valence-corrected chi connectivity index (χ0v) is 12.4. The van der Waals surface area contributed by atoms with Crippen LogP contribution in [0, 0.1) is 0 Å². The fourth-order valence-electron chi connectivity index (χ4n) is 1.91. The third-order valence-electron chi connectivity index (χ3n) is 2.79. The minimum absolute atomic E-state index is 0.985. The summed E-state index contributed by atoms with van der Waals surface area (Å²) >= 11 is 5.31. The lowest BCUT2D eigenvalue weighted by atomic mass is 10.2. The molecular weight excluding hydrogens is 296 g/mol. The summed E-state index contributed by atoms with van der Waals surface area (Å²) in [5.74, 6) is 1.14. The second-order valence-corrected chi connectivity index (χ2v) is 5.74. The molecule has 0 fully saturated rings. The van der Waals surface area contributed by atoms with E-state index in [1.165, 1.54) is 22.9 Å². The number of aromatic nitrogens is 1. The van der Waals surface area contributed by atoms with E-state index in [4.69, 9.17) is 0 Å². The highest BCUT2D eigenvalue weighted by atomic mass is 79.9. The predicted molar refractivity (Wildman–Crippen MR) is 80.5 cm³/mol. The fourth-order valence-corrected chi connectivity index (χ4v) is 3.11. The standard InChI is InChI=1S/C13H17BrN2S/c1-2-3-8-16(9-6-14)13-11-5-10-17-12(11)4-7-15-13/h4-5,7,10H,2-3,6,8-9H2,1H3. The number of nitrogens with zero attached hydrogens (tertiary/aromatic N) is 2. The lowest BCUT2D eigenvalue weighted by molar-refractivity contribution is 0.730. The maximum atomic E-state index is 4.56. The number of rotatable bonds is 6. The van der Waals surface area contributed by atoms with Crippen molar-refractivity contribution >= 4 is 43.2 Å². The summed E-state index contributed by atoms with van der Waals surface area (Å²) in [7, 11) is 0. The highest BCUT2D eigenvalue weighted by Gasteiger charge is 2.11. The van der Waals surface area contributed by atoms with Crippen LogP contribution in [0.4, 0.5) is 5.82 Å². The predicted octanol–water partition coefficient (Wildman–Crippen LogP) is 4.30. The Labute approximate surface area is 115 Å². The summed E-state index contributed by atoms with van der Waals surface area (Å²) in [6, 6.07) is 4.27. The number of halogens is 1. The molecule has 0 aromatic carbocycles. The van der Waals surface area contributed by atoms with Crippen molar-refractivity contribution < 1.29 is 0 Å². The number of hydrogen-bond donors (Lipinski definition) is 0. The summed E-state index contributed by atoms with van der Waals surface area (Å²) in [6.07, 6.45) is 4.36. The van der Waals surface area contributed by atoms with Gasteiger partial charge in [0.1, 0.15) is 5.82 Å². The zero-order chi connectivity index (χ0) is 12.1. The van der Waals surface area contributed by atoms with Crippen LogP contribution in [0.5, 0.6) is 0 Å². The first-order chi connectivity index (χ1) is 8.36. The minimum atomic E-state index is 0.985. The molecule has 2 nitrogen and oxygen atoms in total. The van der Waals surface area contributed by atoms with E-state index in [0.29, 0.717) is 0 Å². The van der Waals surface area contributed by atoms with Gasteiger partial charge in [0, 0.05) is 34.7 Å². The first-order valence-electron chi connectivity index (χ1n) is 6.00. The van der Waals surface area contributed by atoms with Crippen molar-refractivity contribution in [2.24, 2.45) is 0 Å². The van der Waals surface area contributed by atoms with Gasteiger partial charge in [0.05, 0.1) is 0 Å². The number of fused-ring (bicyclic) bond motifs is 1. The van der Waals surface area contributed by atoms with Gasteiger partial charge in [-0.3, -0.25) is 0 Å². The van der Waals surface area contributed by atoms with Gasteiger partial charge in [0.2, 0.25) is 0 Å². The van der Waals surface area contributed by atoms with Crippen molar-refractivity contribution in [3.05, 3.63) is 23.7 Å². The molecule has 0 aliphatic heterocycles. The van der Waals surface area contributed by atoms with Crippen molar-refractivity contribution in [3.8, 4) is 0 Å². The second kappa shape index (κ2) is 6.36. The van der Waals surface area contributed by atoms with Crippen LogP contribution in [0.15, 0.2) is 23.7 Å². The number of alkyl halides is 1. The van der Waals surface area contributed by atoms with E-state index in [1.54, 1.807) is 11.3 Å². The van der Waals surface area contributed by atoms with Gasteiger partial charge in [-0.25, -0.2) is 4.98 Å². The Bertz CT molecular complexity index is 469. The number of unbranched alkanes of at least 4 members (excludes halogenated alkanes) is 1. The molecule has 2 rings (SSSR count). The average Bonchev–Trinajstić information content (AvgIpc) is 2.82. The molecule has 0 aliphatic carbocycles. The molecule has 0 atom stereocenters. The van der Waals surface area contributed by atoms with Crippen molar-refractivity contribution in [2.45, 2.75) is 19.8 Å². The molecule has 0 saturated heterocycles. The summed E-state index contributed by atoms with van der Waals surface area (Å²) in [5.41, 5.74) is 0. The van der Waals surface area contributed by atoms with Gasteiger partial charge < -0.3 is 4.90 Å². The highest BCUT2D eigenvalue weighted by Crippen LogP contribution is 2.28. The smallest absolute Gasteiger partial charge is 0.137 e. The summed E-state index contributed by atoms with van der Waals surface area (Å²) < 4.78 is 1.33. The second-order valence-electron chi connectivity index (χ2n) is 4.00. The maximum absolute atomic E-state index is 4.56. The summed E-state index contributed by atoms with van der Waals surface area (Å²) in [5, 5.41) is 4.41. The van der Waals surface area contributed by atoms with Gasteiger partial charge in [-0.2, -0.15) is 0 Å². The van der Waals surface area contributed by atoms with Crippen LogP contribution in [0.1, 0.15) is 19.8 Å². The molecule has 2 heterocycles. The van der Waals surface area contributed by atoms with Crippen molar-refractivity contribution in [2.75, 3.05) is 23.3 Å². The molecule has 0 saturated carbocycles. The maximum Gasteiger partial charge on any atom is 0.137 e. The van der Waals surface area contributed by atoms with E-state index in [-0.39, 0.29) is 0 Å². The molecule has 0 radical (unpaired) electrons. The van der Waals surface area contributed by atoms with E-state index >= 15 is 0 Å². The lowest BCUT2D eigenvalue weighted by Crippen LogP contribution is -2.27. The normalized spacial score (nSPS) is 10.9. The number of hydrogen-bond acceptors (Lipinski definition) is 3. The molecule has 92 valence electrons. The highest BCUT2D eigenvalue weighted by molar-refractivity contribution is 9.09. The molecule has 0 N–H and O–H groups in total. The monoisotopic (exact) mass is 312 g/mol. The van der Waals surface area contributed by atoms with Gasteiger partial charge in [-0.15, -0.1) is 11.3 Å². The zero-order valence-electron chi connectivity index (χ0n) is 10.0. The van der Waals surface area contributed by atoms with Crippen molar-refractivity contribution in [1.82, 2.24) is 4.98 Å². The average molecular weight is 313 g/mol. The number of pyridine rings is 1. The van der Waals surface area contributed by atoms with Crippen LogP contribution in [0.2, 0.25) is 0 Å². The topological polar surface area (TPSA) is 16.1 Å². The first-order valence-corrected chi connectivity index (χ1v) is 8.00. The van der Waals surface area contributed by atoms with Crippen LogP contribution in [-0.2, 0) is 0 Å². The molecule has 4 heteroatoms. The molecule has 0 aliphatic rings. The van der Waals surface area contributed by atoms with Crippen LogP contribution >= 0.6 is 27.3 Å². The molecule has 2 aromatic heterocycles. The number of thiophene rings is 1. The van der Waals surface area contributed by atoms with Crippen LogP contribution in [-0.4, -0.2) is 23.4 Å². The molecular formula is C13H17BrN2S. The Hall–Kier alpha value is -0.610. The third kappa shape index (κ3) is 2.99. The van der Waals surface area contributed by atoms with Crippen molar-refractivity contribution in [1.29, 1.82) is 0 Å². The Kier molecular flexibility index (Phi) is 4.80. The van der Waals surface area contributed by atoms with Gasteiger partial charge >= 0.3 is 0 Å². The molecule has 0 bridgehead atoms. The molecule has 0 amide bonds. The molecule has 0 unspecified atom stereocenters. The quantitative estimate of drug-likeness (QED) is 0.739. The lowest BCUT2D eigenvalue weighted by Gasteiger charge is -2.23. The Balaban J connectivity index is 2.30. The van der Waals surface area contributed by atoms with Crippen LogP contribution in [0.25, 0.3) is 10.1 Å². The van der Waals surface area contributed by atoms with Gasteiger partial charge in [-0.05, 0) is 23.9 Å². The third-order valence-corrected chi connectivity index (χ3v) is 4.03. The van der Waals surface area contributed by atoms with Crippen LogP contribution in [0.3, 0.4) is 0 Å². The molecule has 0 spiro atoms. The SMILES string of the molecule is CCCCN(CCBr)c1nccc2sccc12. The van der Waals surface area contributed by atoms with Gasteiger partial charge in [-0.1, -0.05) is 29.3 Å². The Morgan fingerprint density at radius 1 is 1.35 bits per heavy atom. The van der Waals surface area contributed by atoms with Crippen LogP contribution < -0.4 is 4.90 Å². The van der Waals surface area contributed by atoms with E-state index in [2.05, 4.69) is 50.3 Å². The van der Waals surface area contributed by atoms with E-state index in [9.17, 15) is 0 Å². The minimum Gasteiger partial charge on any atom is -0.355 e. The summed E-state index contributed by atoms with van der Waals surface area (Å²) in [6.45, 7) is 4.33. The summed E-state index contributed by atoms with van der Waals surface area (Å²) in [4.78, 5) is 6.94. The van der Waals surface area contributed by atoms with E-state index in [1.807, 2.05) is 6.20 Å². The van der Waals surface area contributed by atoms with E-state index < -0.39 is 0 Å². The number of anilines is 1. The largest absolute Gasteiger partial charge is 0.355 e. The molecule has 17 heavy (non-hydrogen) atoms. The fraction of sp³-hybridized carbons (Fsp3) is 0.462. The Morgan fingerprint density at radius 3 is 3.00 bits per heavy atom. The van der Waals surface area contributed by atoms with Gasteiger partial charge in [0.25, 0.3) is 0 Å². The van der Waals surface area contributed by atoms with E-state index in [0.717, 1.165) is 24.2 Å². The van der Waals surface area contributed by atoms with Gasteiger partial charge in [0.15, 0.2) is 0 Å². The Morgan fingerprint density at radius 2 is 2.24 bits per heavy atom. The molecule has 2 aromatic rings. The van der Waals surface area contributed by atoms with Crippen molar-refractivity contribution in [3.63, 3.8) is 0 Å². The first kappa shape index (κ1) is 12.8.